The Kier molecular flexibility index (Phi) is 5.62. The van der Waals surface area contributed by atoms with Gasteiger partial charge in [0.05, 0.1) is 5.75 Å². The third kappa shape index (κ3) is 4.82. The number of carbonyl (C=O) groups is 1. The van der Waals surface area contributed by atoms with Crippen molar-refractivity contribution in [2.24, 2.45) is 0 Å². The SMILES string of the molecule is CS(=O)(=O)Cc1ccc(C(=O)N2CCN(c3ccc(Br)cn3)CC2)cc1. The van der Waals surface area contributed by atoms with Crippen LogP contribution in [0.2, 0.25) is 0 Å². The van der Waals surface area contributed by atoms with E-state index in [2.05, 4.69) is 25.8 Å². The van der Waals surface area contributed by atoms with Crippen molar-refractivity contribution < 1.29 is 13.2 Å². The molecule has 3 rings (SSSR count). The second kappa shape index (κ2) is 7.75. The number of rotatable bonds is 4. The van der Waals surface area contributed by atoms with Gasteiger partial charge in [-0.15, -0.1) is 0 Å². The van der Waals surface area contributed by atoms with Crippen LogP contribution in [0.3, 0.4) is 0 Å². The standard InChI is InChI=1S/C18H20BrN3O3S/c1-26(24,25)13-14-2-4-15(5-3-14)18(23)22-10-8-21(9-11-22)17-7-6-16(19)12-20-17/h2-7,12H,8-11,13H2,1H3. The van der Waals surface area contributed by atoms with Gasteiger partial charge in [0.2, 0.25) is 0 Å². The number of hydrogen-bond acceptors (Lipinski definition) is 5. The molecule has 0 spiro atoms. The molecule has 0 aliphatic carbocycles. The van der Waals surface area contributed by atoms with E-state index >= 15 is 0 Å². The molecule has 1 amide bonds. The minimum atomic E-state index is -3.08. The molecule has 0 saturated carbocycles. The first-order valence-corrected chi connectivity index (χ1v) is 11.1. The first kappa shape index (κ1) is 18.8. The van der Waals surface area contributed by atoms with Crippen LogP contribution >= 0.6 is 15.9 Å². The summed E-state index contributed by atoms with van der Waals surface area (Å²) in [4.78, 5) is 21.0. The van der Waals surface area contributed by atoms with Crippen LogP contribution in [0.1, 0.15) is 15.9 Å². The van der Waals surface area contributed by atoms with E-state index < -0.39 is 9.84 Å². The van der Waals surface area contributed by atoms with Gasteiger partial charge in [0.15, 0.2) is 9.84 Å². The minimum Gasteiger partial charge on any atom is -0.353 e. The summed E-state index contributed by atoms with van der Waals surface area (Å²) in [7, 11) is -3.08. The molecule has 1 saturated heterocycles. The number of sulfone groups is 1. The number of pyridine rings is 1. The number of aromatic nitrogens is 1. The Bertz CT molecular complexity index is 875. The van der Waals surface area contributed by atoms with E-state index in [4.69, 9.17) is 0 Å². The summed E-state index contributed by atoms with van der Waals surface area (Å²) in [6.07, 6.45) is 2.97. The zero-order valence-corrected chi connectivity index (χ0v) is 16.8. The first-order valence-electron chi connectivity index (χ1n) is 8.24. The molecular formula is C18H20BrN3O3S. The maximum absolute atomic E-state index is 12.7. The smallest absolute Gasteiger partial charge is 0.253 e. The molecule has 138 valence electrons. The van der Waals surface area contributed by atoms with E-state index in [0.29, 0.717) is 24.2 Å². The lowest BCUT2D eigenvalue weighted by molar-refractivity contribution is 0.0746. The lowest BCUT2D eigenvalue weighted by Crippen LogP contribution is -2.49. The Labute approximate surface area is 161 Å². The number of amides is 1. The Morgan fingerprint density at radius 3 is 2.27 bits per heavy atom. The van der Waals surface area contributed by atoms with Gasteiger partial charge in [-0.3, -0.25) is 4.79 Å². The van der Waals surface area contributed by atoms with Crippen molar-refractivity contribution in [1.82, 2.24) is 9.88 Å². The maximum atomic E-state index is 12.7. The lowest BCUT2D eigenvalue weighted by Gasteiger charge is -2.35. The summed E-state index contributed by atoms with van der Waals surface area (Å²) in [6, 6.07) is 10.7. The predicted molar refractivity (Wildman–Crippen MR) is 105 cm³/mol. The molecule has 0 unspecified atom stereocenters. The number of hydrogen-bond donors (Lipinski definition) is 0. The molecule has 1 fully saturated rings. The van der Waals surface area contributed by atoms with E-state index in [1.807, 2.05) is 17.0 Å². The summed E-state index contributed by atoms with van der Waals surface area (Å²) >= 11 is 3.38. The second-order valence-electron chi connectivity index (χ2n) is 6.38. The molecule has 1 aromatic heterocycles. The molecule has 26 heavy (non-hydrogen) atoms. The van der Waals surface area contributed by atoms with E-state index in [1.165, 1.54) is 6.26 Å². The van der Waals surface area contributed by atoms with Crippen LogP contribution < -0.4 is 4.90 Å². The van der Waals surface area contributed by atoms with Gasteiger partial charge in [-0.05, 0) is 45.8 Å². The monoisotopic (exact) mass is 437 g/mol. The molecule has 6 nitrogen and oxygen atoms in total. The molecule has 2 aromatic rings. The Hall–Kier alpha value is -1.93. The van der Waals surface area contributed by atoms with Crippen molar-refractivity contribution >= 4 is 37.5 Å². The molecular weight excluding hydrogens is 418 g/mol. The maximum Gasteiger partial charge on any atom is 0.253 e. The average Bonchev–Trinajstić information content (AvgIpc) is 2.61. The molecule has 1 aliphatic heterocycles. The van der Waals surface area contributed by atoms with E-state index in [0.717, 1.165) is 23.4 Å². The predicted octanol–water partition coefficient (Wildman–Crippen LogP) is 2.35. The van der Waals surface area contributed by atoms with Gasteiger partial charge < -0.3 is 9.80 Å². The zero-order chi connectivity index (χ0) is 18.7. The van der Waals surface area contributed by atoms with Crippen LogP contribution in [0.4, 0.5) is 5.82 Å². The van der Waals surface area contributed by atoms with Crippen molar-refractivity contribution in [3.63, 3.8) is 0 Å². The molecule has 1 aromatic carbocycles. The molecule has 0 N–H and O–H groups in total. The van der Waals surface area contributed by atoms with E-state index in [-0.39, 0.29) is 11.7 Å². The van der Waals surface area contributed by atoms with E-state index in [1.54, 1.807) is 30.5 Å². The van der Waals surface area contributed by atoms with Gasteiger partial charge in [0, 0.05) is 48.7 Å². The molecule has 1 aliphatic rings. The summed E-state index contributed by atoms with van der Waals surface area (Å²) in [5.41, 5.74) is 1.27. The number of nitrogens with zero attached hydrogens (tertiary/aromatic N) is 3. The highest BCUT2D eigenvalue weighted by Gasteiger charge is 2.22. The average molecular weight is 438 g/mol. The van der Waals surface area contributed by atoms with Crippen LogP contribution in [0, 0.1) is 0 Å². The van der Waals surface area contributed by atoms with Crippen molar-refractivity contribution in [3.8, 4) is 0 Å². The van der Waals surface area contributed by atoms with Crippen molar-refractivity contribution in [1.29, 1.82) is 0 Å². The summed E-state index contributed by atoms with van der Waals surface area (Å²) in [5.74, 6) is 0.866. The fourth-order valence-corrected chi connectivity index (χ4v) is 3.96. The molecule has 0 atom stereocenters. The number of anilines is 1. The topological polar surface area (TPSA) is 70.6 Å². The quantitative estimate of drug-likeness (QED) is 0.733. The van der Waals surface area contributed by atoms with Crippen molar-refractivity contribution in [2.75, 3.05) is 37.3 Å². The highest BCUT2D eigenvalue weighted by atomic mass is 79.9. The first-order chi connectivity index (χ1) is 12.3. The molecule has 0 bridgehead atoms. The lowest BCUT2D eigenvalue weighted by atomic mass is 10.1. The molecule has 0 radical (unpaired) electrons. The second-order valence-corrected chi connectivity index (χ2v) is 9.44. The van der Waals surface area contributed by atoms with E-state index in [9.17, 15) is 13.2 Å². The van der Waals surface area contributed by atoms with Crippen LogP contribution in [0.15, 0.2) is 47.1 Å². The third-order valence-corrected chi connectivity index (χ3v) is 5.56. The largest absolute Gasteiger partial charge is 0.353 e. The summed E-state index contributed by atoms with van der Waals surface area (Å²) < 4.78 is 23.6. The number of halogens is 1. The fraction of sp³-hybridized carbons (Fsp3) is 0.333. The van der Waals surface area contributed by atoms with Gasteiger partial charge in [-0.25, -0.2) is 13.4 Å². The van der Waals surface area contributed by atoms with Gasteiger partial charge in [-0.1, -0.05) is 12.1 Å². The van der Waals surface area contributed by atoms with Crippen LogP contribution in [-0.4, -0.2) is 56.6 Å². The van der Waals surface area contributed by atoms with Crippen LogP contribution in [-0.2, 0) is 15.6 Å². The van der Waals surface area contributed by atoms with Crippen LogP contribution in [0.25, 0.3) is 0 Å². The zero-order valence-electron chi connectivity index (χ0n) is 14.4. The molecule has 2 heterocycles. The molecule has 8 heteroatoms. The Morgan fingerprint density at radius 1 is 1.08 bits per heavy atom. The van der Waals surface area contributed by atoms with Gasteiger partial charge in [0.1, 0.15) is 5.82 Å². The minimum absolute atomic E-state index is 0.0136. The summed E-state index contributed by atoms with van der Waals surface area (Å²) in [5, 5.41) is 0. The number of carbonyl (C=O) groups excluding carboxylic acids is 1. The van der Waals surface area contributed by atoms with Gasteiger partial charge in [0.25, 0.3) is 5.91 Å². The van der Waals surface area contributed by atoms with Gasteiger partial charge >= 0.3 is 0 Å². The normalized spacial score (nSPS) is 15.2. The number of benzene rings is 1. The Balaban J connectivity index is 1.60. The van der Waals surface area contributed by atoms with Crippen molar-refractivity contribution in [3.05, 3.63) is 58.2 Å². The third-order valence-electron chi connectivity index (χ3n) is 4.23. The number of piperazine rings is 1. The highest BCUT2D eigenvalue weighted by molar-refractivity contribution is 9.10. The van der Waals surface area contributed by atoms with Gasteiger partial charge in [-0.2, -0.15) is 0 Å². The van der Waals surface area contributed by atoms with Crippen LogP contribution in [0.5, 0.6) is 0 Å². The van der Waals surface area contributed by atoms with Crippen molar-refractivity contribution in [2.45, 2.75) is 5.75 Å². The Morgan fingerprint density at radius 2 is 1.73 bits per heavy atom. The highest BCUT2D eigenvalue weighted by Crippen LogP contribution is 2.18. The fourth-order valence-electron chi connectivity index (χ4n) is 2.92. The summed E-state index contributed by atoms with van der Waals surface area (Å²) in [6.45, 7) is 2.71.